The molecule has 0 bridgehead atoms. The molecular formula is C21H25N3O5S. The number of pyridine rings is 1. The highest BCUT2D eigenvalue weighted by Gasteiger charge is 2.28. The van der Waals surface area contributed by atoms with Crippen molar-refractivity contribution < 1.29 is 22.7 Å². The second-order valence-electron chi connectivity index (χ2n) is 7.07. The first-order valence-electron chi connectivity index (χ1n) is 9.85. The van der Waals surface area contributed by atoms with E-state index in [-0.39, 0.29) is 48.5 Å². The number of sulfonamides is 1. The summed E-state index contributed by atoms with van der Waals surface area (Å²) in [6, 6.07) is 9.51. The molecule has 0 unspecified atom stereocenters. The van der Waals surface area contributed by atoms with Gasteiger partial charge in [-0.3, -0.25) is 14.6 Å². The Hall–Kier alpha value is -2.78. The third-order valence-electron chi connectivity index (χ3n) is 4.57. The zero-order valence-electron chi connectivity index (χ0n) is 16.8. The second kappa shape index (κ2) is 9.82. The van der Waals surface area contributed by atoms with E-state index < -0.39 is 16.0 Å². The molecule has 8 nitrogen and oxygen atoms in total. The van der Waals surface area contributed by atoms with Crippen LogP contribution in [0.3, 0.4) is 0 Å². The molecule has 1 aromatic heterocycles. The molecule has 0 aliphatic heterocycles. The lowest BCUT2D eigenvalue weighted by molar-refractivity contribution is -0.143. The van der Waals surface area contributed by atoms with Crippen molar-refractivity contribution in [2.75, 3.05) is 13.2 Å². The maximum atomic E-state index is 13.2. The first-order valence-corrected chi connectivity index (χ1v) is 11.3. The summed E-state index contributed by atoms with van der Waals surface area (Å²) in [5.41, 5.74) is 1.04. The third kappa shape index (κ3) is 6.11. The molecule has 1 aliphatic carbocycles. The van der Waals surface area contributed by atoms with Crippen LogP contribution in [-0.2, 0) is 26.1 Å². The van der Waals surface area contributed by atoms with E-state index in [9.17, 15) is 18.0 Å². The van der Waals surface area contributed by atoms with E-state index in [0.717, 1.165) is 18.4 Å². The van der Waals surface area contributed by atoms with Crippen LogP contribution >= 0.6 is 0 Å². The summed E-state index contributed by atoms with van der Waals surface area (Å²) in [5, 5.41) is 0. The number of ether oxygens (including phenoxy) is 1. The summed E-state index contributed by atoms with van der Waals surface area (Å²) in [6.07, 6.45) is 4.97. The van der Waals surface area contributed by atoms with E-state index in [4.69, 9.17) is 4.74 Å². The van der Waals surface area contributed by atoms with Crippen molar-refractivity contribution in [2.45, 2.75) is 43.7 Å². The van der Waals surface area contributed by atoms with Gasteiger partial charge in [0, 0.05) is 37.1 Å². The van der Waals surface area contributed by atoms with Crippen LogP contribution in [0, 0.1) is 0 Å². The SMILES string of the molecule is CCOC(=O)CCN(Cc1cccnc1)C(=O)c1cccc(S(=O)(=O)NC2CC2)c1. The number of hydrogen-bond acceptors (Lipinski definition) is 6. The molecule has 1 aliphatic rings. The minimum Gasteiger partial charge on any atom is -0.466 e. The van der Waals surface area contributed by atoms with E-state index in [2.05, 4.69) is 9.71 Å². The lowest BCUT2D eigenvalue weighted by Gasteiger charge is -2.23. The smallest absolute Gasteiger partial charge is 0.307 e. The second-order valence-corrected chi connectivity index (χ2v) is 8.78. The van der Waals surface area contributed by atoms with Crippen molar-refractivity contribution in [3.8, 4) is 0 Å². The molecule has 1 saturated carbocycles. The number of esters is 1. The van der Waals surface area contributed by atoms with Crippen LogP contribution in [0.2, 0.25) is 0 Å². The maximum absolute atomic E-state index is 13.2. The highest BCUT2D eigenvalue weighted by Crippen LogP contribution is 2.23. The number of rotatable bonds is 10. The standard InChI is InChI=1S/C21H25N3O5S/c1-2-29-20(25)10-12-24(15-16-5-4-11-22-14-16)21(26)17-6-3-7-19(13-17)30(27,28)23-18-8-9-18/h3-7,11,13-14,18,23H,2,8-10,12,15H2,1H3. The lowest BCUT2D eigenvalue weighted by Crippen LogP contribution is -2.33. The summed E-state index contributed by atoms with van der Waals surface area (Å²) >= 11 is 0. The molecule has 160 valence electrons. The summed E-state index contributed by atoms with van der Waals surface area (Å²) in [5.74, 6) is -0.766. The Balaban J connectivity index is 1.80. The van der Waals surface area contributed by atoms with Crippen molar-refractivity contribution in [1.29, 1.82) is 0 Å². The predicted molar refractivity (Wildman–Crippen MR) is 110 cm³/mol. The Labute approximate surface area is 176 Å². The largest absolute Gasteiger partial charge is 0.466 e. The Kier molecular flexibility index (Phi) is 7.17. The van der Waals surface area contributed by atoms with Gasteiger partial charge >= 0.3 is 5.97 Å². The first-order chi connectivity index (χ1) is 14.4. The number of aromatic nitrogens is 1. The molecular weight excluding hydrogens is 406 g/mol. The minimum atomic E-state index is -3.68. The maximum Gasteiger partial charge on any atom is 0.307 e. The van der Waals surface area contributed by atoms with E-state index >= 15 is 0 Å². The number of nitrogens with one attached hydrogen (secondary N) is 1. The molecule has 1 heterocycles. The van der Waals surface area contributed by atoms with Crippen molar-refractivity contribution >= 4 is 21.9 Å². The van der Waals surface area contributed by atoms with E-state index in [1.165, 1.54) is 17.0 Å². The van der Waals surface area contributed by atoms with Gasteiger partial charge in [-0.1, -0.05) is 12.1 Å². The summed E-state index contributed by atoms with van der Waals surface area (Å²) in [4.78, 5) is 30.6. The Morgan fingerprint density at radius 3 is 2.70 bits per heavy atom. The van der Waals surface area contributed by atoms with Crippen LogP contribution in [-0.4, -0.2) is 49.4 Å². The molecule has 2 aromatic rings. The van der Waals surface area contributed by atoms with Gasteiger partial charge in [-0.05, 0) is 49.6 Å². The molecule has 9 heteroatoms. The highest BCUT2D eigenvalue weighted by molar-refractivity contribution is 7.89. The van der Waals surface area contributed by atoms with Crippen LogP contribution in [0.25, 0.3) is 0 Å². The van der Waals surface area contributed by atoms with Gasteiger partial charge in [-0.15, -0.1) is 0 Å². The number of hydrogen-bond donors (Lipinski definition) is 1. The van der Waals surface area contributed by atoms with Gasteiger partial charge in [0.15, 0.2) is 0 Å². The molecule has 1 N–H and O–H groups in total. The molecule has 1 amide bonds. The fraction of sp³-hybridized carbons (Fsp3) is 0.381. The van der Waals surface area contributed by atoms with Gasteiger partial charge in [0.25, 0.3) is 5.91 Å². The molecule has 0 radical (unpaired) electrons. The van der Waals surface area contributed by atoms with Gasteiger partial charge in [0.1, 0.15) is 0 Å². The topological polar surface area (TPSA) is 106 Å². The molecule has 1 aromatic carbocycles. The van der Waals surface area contributed by atoms with Crippen LogP contribution in [0.15, 0.2) is 53.7 Å². The number of carbonyl (C=O) groups is 2. The monoisotopic (exact) mass is 431 g/mol. The van der Waals surface area contributed by atoms with Crippen molar-refractivity contribution in [1.82, 2.24) is 14.6 Å². The predicted octanol–water partition coefficient (Wildman–Crippen LogP) is 2.12. The van der Waals surface area contributed by atoms with Crippen molar-refractivity contribution in [2.24, 2.45) is 0 Å². The summed E-state index contributed by atoms with van der Waals surface area (Å²) < 4.78 is 32.6. The van der Waals surface area contributed by atoms with Crippen LogP contribution in [0.1, 0.15) is 42.1 Å². The van der Waals surface area contributed by atoms with E-state index in [1.54, 1.807) is 37.5 Å². The molecule has 0 spiro atoms. The molecule has 30 heavy (non-hydrogen) atoms. The fourth-order valence-electron chi connectivity index (χ4n) is 2.89. The van der Waals surface area contributed by atoms with Crippen LogP contribution < -0.4 is 4.72 Å². The zero-order valence-corrected chi connectivity index (χ0v) is 17.6. The van der Waals surface area contributed by atoms with Crippen molar-refractivity contribution in [3.05, 3.63) is 59.9 Å². The highest BCUT2D eigenvalue weighted by atomic mass is 32.2. The van der Waals surface area contributed by atoms with Gasteiger partial charge in [-0.2, -0.15) is 0 Å². The number of benzene rings is 1. The van der Waals surface area contributed by atoms with Crippen LogP contribution in [0.4, 0.5) is 0 Å². The first kappa shape index (κ1) is 21.9. The Bertz CT molecular complexity index is 991. The number of amides is 1. The van der Waals surface area contributed by atoms with Gasteiger partial charge in [-0.25, -0.2) is 13.1 Å². The van der Waals surface area contributed by atoms with Gasteiger partial charge < -0.3 is 9.64 Å². The normalized spacial score (nSPS) is 13.6. The fourth-order valence-corrected chi connectivity index (χ4v) is 4.24. The van der Waals surface area contributed by atoms with Crippen LogP contribution in [0.5, 0.6) is 0 Å². The zero-order chi connectivity index (χ0) is 21.6. The minimum absolute atomic E-state index is 0.0268. The summed E-state index contributed by atoms with van der Waals surface area (Å²) in [7, 11) is -3.68. The number of carbonyl (C=O) groups excluding carboxylic acids is 2. The molecule has 0 saturated heterocycles. The molecule has 0 atom stereocenters. The Morgan fingerprint density at radius 1 is 1.23 bits per heavy atom. The third-order valence-corrected chi connectivity index (χ3v) is 6.08. The van der Waals surface area contributed by atoms with E-state index in [1.807, 2.05) is 6.07 Å². The Morgan fingerprint density at radius 2 is 2.03 bits per heavy atom. The molecule has 3 rings (SSSR count). The van der Waals surface area contributed by atoms with Gasteiger partial charge in [0.2, 0.25) is 10.0 Å². The lowest BCUT2D eigenvalue weighted by atomic mass is 10.1. The van der Waals surface area contributed by atoms with Crippen molar-refractivity contribution in [3.63, 3.8) is 0 Å². The number of nitrogens with zero attached hydrogens (tertiary/aromatic N) is 2. The molecule has 1 fully saturated rings. The average molecular weight is 432 g/mol. The van der Waals surface area contributed by atoms with Gasteiger partial charge in [0.05, 0.1) is 17.9 Å². The quantitative estimate of drug-likeness (QED) is 0.578. The average Bonchev–Trinajstić information content (AvgIpc) is 3.55. The summed E-state index contributed by atoms with van der Waals surface area (Å²) in [6.45, 7) is 2.37. The van der Waals surface area contributed by atoms with E-state index in [0.29, 0.717) is 0 Å².